The fraction of sp³-hybridized carbons (Fsp3) is 1.00. The van der Waals surface area contributed by atoms with Gasteiger partial charge in [0.15, 0.2) is 9.84 Å². The Morgan fingerprint density at radius 2 is 1.67 bits per heavy atom. The molecule has 0 heterocycles. The van der Waals surface area contributed by atoms with Crippen LogP contribution in [0.15, 0.2) is 0 Å². The van der Waals surface area contributed by atoms with Crippen LogP contribution in [0.4, 0.5) is 0 Å². The SMILES string of the molecule is CCC(CO)(CO)CCS(=O)(=O)C(C)C. The van der Waals surface area contributed by atoms with E-state index >= 15 is 0 Å². The van der Waals surface area contributed by atoms with E-state index in [-0.39, 0.29) is 19.0 Å². The van der Waals surface area contributed by atoms with Crippen LogP contribution in [-0.4, -0.2) is 42.8 Å². The van der Waals surface area contributed by atoms with Crippen molar-refractivity contribution in [1.82, 2.24) is 0 Å². The van der Waals surface area contributed by atoms with Crippen molar-refractivity contribution in [2.45, 2.75) is 38.9 Å². The second-order valence-electron chi connectivity index (χ2n) is 4.34. The summed E-state index contributed by atoms with van der Waals surface area (Å²) < 4.78 is 23.1. The molecule has 0 saturated heterocycles. The maximum Gasteiger partial charge on any atom is 0.152 e. The summed E-state index contributed by atoms with van der Waals surface area (Å²) in [6.45, 7) is 4.78. The molecule has 92 valence electrons. The highest BCUT2D eigenvalue weighted by Gasteiger charge is 2.29. The van der Waals surface area contributed by atoms with Crippen LogP contribution in [0.5, 0.6) is 0 Å². The molecule has 0 amide bonds. The Bertz CT molecular complexity index is 257. The molecule has 0 aliphatic rings. The largest absolute Gasteiger partial charge is 0.396 e. The van der Waals surface area contributed by atoms with E-state index in [1.54, 1.807) is 13.8 Å². The van der Waals surface area contributed by atoms with Crippen LogP contribution in [0.1, 0.15) is 33.6 Å². The highest BCUT2D eigenvalue weighted by Crippen LogP contribution is 2.26. The molecular formula is C10H22O4S. The Morgan fingerprint density at radius 3 is 1.93 bits per heavy atom. The van der Waals surface area contributed by atoms with Gasteiger partial charge in [-0.3, -0.25) is 0 Å². The zero-order valence-corrected chi connectivity index (χ0v) is 10.5. The fourth-order valence-electron chi connectivity index (χ4n) is 1.20. The monoisotopic (exact) mass is 238 g/mol. The number of rotatable bonds is 7. The third-order valence-electron chi connectivity index (χ3n) is 3.06. The number of hydrogen-bond acceptors (Lipinski definition) is 4. The Labute approximate surface area is 92.2 Å². The van der Waals surface area contributed by atoms with Gasteiger partial charge in [0.05, 0.1) is 24.2 Å². The minimum Gasteiger partial charge on any atom is -0.396 e. The van der Waals surface area contributed by atoms with Crippen molar-refractivity contribution in [3.63, 3.8) is 0 Å². The van der Waals surface area contributed by atoms with E-state index in [1.807, 2.05) is 6.92 Å². The molecule has 0 unspecified atom stereocenters. The Hall–Kier alpha value is -0.130. The smallest absolute Gasteiger partial charge is 0.152 e. The van der Waals surface area contributed by atoms with E-state index in [0.29, 0.717) is 12.8 Å². The summed E-state index contributed by atoms with van der Waals surface area (Å²) in [5, 5.41) is 17.9. The molecule has 15 heavy (non-hydrogen) atoms. The minimum atomic E-state index is -3.08. The summed E-state index contributed by atoms with van der Waals surface area (Å²) in [7, 11) is -3.08. The van der Waals surface area contributed by atoms with Crippen molar-refractivity contribution in [3.05, 3.63) is 0 Å². The van der Waals surface area contributed by atoms with E-state index < -0.39 is 20.5 Å². The molecule has 0 fully saturated rings. The molecule has 0 aliphatic carbocycles. The molecule has 0 bridgehead atoms. The van der Waals surface area contributed by atoms with Gasteiger partial charge >= 0.3 is 0 Å². The molecule has 0 atom stereocenters. The van der Waals surface area contributed by atoms with E-state index in [1.165, 1.54) is 0 Å². The third kappa shape index (κ3) is 4.09. The molecule has 0 aromatic carbocycles. The molecule has 0 aromatic rings. The lowest BCUT2D eigenvalue weighted by Crippen LogP contribution is -2.32. The number of sulfone groups is 1. The van der Waals surface area contributed by atoms with E-state index in [9.17, 15) is 8.42 Å². The molecule has 5 heteroatoms. The average Bonchev–Trinajstić information content (AvgIpc) is 2.20. The van der Waals surface area contributed by atoms with Crippen molar-refractivity contribution in [2.75, 3.05) is 19.0 Å². The molecule has 0 spiro atoms. The van der Waals surface area contributed by atoms with Gasteiger partial charge in [0.25, 0.3) is 0 Å². The highest BCUT2D eigenvalue weighted by molar-refractivity contribution is 7.91. The van der Waals surface area contributed by atoms with Gasteiger partial charge in [-0.15, -0.1) is 0 Å². The van der Waals surface area contributed by atoms with Crippen molar-refractivity contribution in [1.29, 1.82) is 0 Å². The topological polar surface area (TPSA) is 74.6 Å². The zero-order chi connectivity index (χ0) is 12.1. The van der Waals surface area contributed by atoms with E-state index in [0.717, 1.165) is 0 Å². The van der Waals surface area contributed by atoms with Crippen molar-refractivity contribution in [3.8, 4) is 0 Å². The Morgan fingerprint density at radius 1 is 1.20 bits per heavy atom. The van der Waals surface area contributed by atoms with Crippen LogP contribution in [0, 0.1) is 5.41 Å². The molecule has 0 aromatic heterocycles. The maximum atomic E-state index is 11.6. The lowest BCUT2D eigenvalue weighted by Gasteiger charge is -2.28. The van der Waals surface area contributed by atoms with Gasteiger partial charge in [0.2, 0.25) is 0 Å². The number of aliphatic hydroxyl groups excluding tert-OH is 2. The molecular weight excluding hydrogens is 216 g/mol. The van der Waals surface area contributed by atoms with Gasteiger partial charge < -0.3 is 10.2 Å². The summed E-state index contributed by atoms with van der Waals surface area (Å²) in [4.78, 5) is 0. The number of hydrogen-bond donors (Lipinski definition) is 2. The maximum absolute atomic E-state index is 11.6. The van der Waals surface area contributed by atoms with E-state index in [2.05, 4.69) is 0 Å². The second kappa shape index (κ2) is 5.82. The first-order valence-corrected chi connectivity index (χ1v) is 6.98. The average molecular weight is 238 g/mol. The standard InChI is InChI=1S/C10H22O4S/c1-4-10(7-11,8-12)5-6-15(13,14)9(2)3/h9,11-12H,4-8H2,1-3H3. The van der Waals surface area contributed by atoms with Crippen molar-refractivity contribution >= 4 is 9.84 Å². The highest BCUT2D eigenvalue weighted by atomic mass is 32.2. The van der Waals surface area contributed by atoms with Gasteiger partial charge in [0, 0.05) is 5.41 Å². The van der Waals surface area contributed by atoms with Crippen LogP contribution in [-0.2, 0) is 9.84 Å². The van der Waals surface area contributed by atoms with Crippen LogP contribution >= 0.6 is 0 Å². The fourth-order valence-corrected chi connectivity index (χ4v) is 2.39. The van der Waals surface area contributed by atoms with Crippen LogP contribution < -0.4 is 0 Å². The van der Waals surface area contributed by atoms with Gasteiger partial charge in [0.1, 0.15) is 0 Å². The van der Waals surface area contributed by atoms with Crippen LogP contribution in [0.25, 0.3) is 0 Å². The van der Waals surface area contributed by atoms with Gasteiger partial charge in [-0.1, -0.05) is 6.92 Å². The lowest BCUT2D eigenvalue weighted by atomic mass is 9.84. The van der Waals surface area contributed by atoms with Gasteiger partial charge in [-0.2, -0.15) is 0 Å². The van der Waals surface area contributed by atoms with E-state index in [4.69, 9.17) is 10.2 Å². The molecule has 0 rings (SSSR count). The van der Waals surface area contributed by atoms with Crippen LogP contribution in [0.3, 0.4) is 0 Å². The molecule has 0 radical (unpaired) electrons. The molecule has 0 saturated carbocycles. The molecule has 4 nitrogen and oxygen atoms in total. The molecule has 2 N–H and O–H groups in total. The predicted molar refractivity (Wildman–Crippen MR) is 60.4 cm³/mol. The summed E-state index contributed by atoms with van der Waals surface area (Å²) in [6, 6.07) is 0. The van der Waals surface area contributed by atoms with Gasteiger partial charge in [-0.05, 0) is 26.7 Å². The first-order chi connectivity index (χ1) is 6.83. The first-order valence-electron chi connectivity index (χ1n) is 5.27. The molecule has 0 aliphatic heterocycles. The minimum absolute atomic E-state index is 0.0274. The van der Waals surface area contributed by atoms with Crippen LogP contribution in [0.2, 0.25) is 0 Å². The second-order valence-corrected chi connectivity index (χ2v) is 7.01. The normalized spacial score (nSPS) is 13.5. The number of aliphatic hydroxyl groups is 2. The zero-order valence-electron chi connectivity index (χ0n) is 9.73. The third-order valence-corrected chi connectivity index (χ3v) is 5.27. The lowest BCUT2D eigenvalue weighted by molar-refractivity contribution is 0.0486. The first kappa shape index (κ1) is 14.9. The summed E-state index contributed by atoms with van der Waals surface area (Å²) in [5.41, 5.74) is -0.651. The Balaban J connectivity index is 4.48. The predicted octanol–water partition coefficient (Wildman–Crippen LogP) is 0.581. The summed E-state index contributed by atoms with van der Waals surface area (Å²) in [6.07, 6.45) is 0.893. The Kier molecular flexibility index (Phi) is 5.77. The van der Waals surface area contributed by atoms with Crippen molar-refractivity contribution in [2.24, 2.45) is 5.41 Å². The summed E-state index contributed by atoms with van der Waals surface area (Å²) in [5.74, 6) is 0.0274. The summed E-state index contributed by atoms with van der Waals surface area (Å²) >= 11 is 0. The van der Waals surface area contributed by atoms with Crippen molar-refractivity contribution < 1.29 is 18.6 Å². The quantitative estimate of drug-likeness (QED) is 0.680. The van der Waals surface area contributed by atoms with Gasteiger partial charge in [-0.25, -0.2) is 8.42 Å².